The molecular formula is C15H28N2. The molecule has 3 aliphatic rings. The number of hydrogen-bond acceptors (Lipinski definition) is 2. The lowest BCUT2D eigenvalue weighted by atomic mass is 9.89. The number of nitrogens with zero attached hydrogens (tertiary/aromatic N) is 1. The summed E-state index contributed by atoms with van der Waals surface area (Å²) in [6, 6.07) is 2.71. The highest BCUT2D eigenvalue weighted by Crippen LogP contribution is 2.34. The minimum atomic E-state index is 0.874. The molecule has 0 radical (unpaired) electrons. The molecule has 3 fully saturated rings. The normalized spacial score (nSPS) is 36.7. The van der Waals surface area contributed by atoms with Crippen LogP contribution in [0.1, 0.15) is 58.3 Å². The Kier molecular flexibility index (Phi) is 3.72. The SMILES string of the molecule is CCCN(CCC1CC2CCC(C1)N2)C1CC1. The molecule has 0 aromatic carbocycles. The molecule has 2 atom stereocenters. The summed E-state index contributed by atoms with van der Waals surface area (Å²) in [4.78, 5) is 2.77. The third-order valence-electron chi connectivity index (χ3n) is 4.97. The standard InChI is InChI=1S/C15H28N2/c1-2-8-17(15-5-6-15)9-7-12-10-13-3-4-14(11-12)16-13/h12-16H,2-11H2,1H3. The number of rotatable bonds is 6. The molecule has 2 heteroatoms. The molecule has 1 aliphatic carbocycles. The lowest BCUT2D eigenvalue weighted by Crippen LogP contribution is -2.39. The van der Waals surface area contributed by atoms with Gasteiger partial charge in [0, 0.05) is 18.1 Å². The van der Waals surface area contributed by atoms with Gasteiger partial charge < -0.3 is 10.2 Å². The molecule has 2 heterocycles. The Bertz CT molecular complexity index is 237. The van der Waals surface area contributed by atoms with Gasteiger partial charge in [-0.3, -0.25) is 0 Å². The molecule has 2 unspecified atom stereocenters. The van der Waals surface area contributed by atoms with Gasteiger partial charge in [0.2, 0.25) is 0 Å². The highest BCUT2D eigenvalue weighted by atomic mass is 15.2. The molecule has 2 aliphatic heterocycles. The molecule has 0 amide bonds. The predicted molar refractivity (Wildman–Crippen MR) is 72.2 cm³/mol. The summed E-state index contributed by atoms with van der Waals surface area (Å²) in [7, 11) is 0. The van der Waals surface area contributed by atoms with Crippen molar-refractivity contribution >= 4 is 0 Å². The first kappa shape index (κ1) is 12.0. The van der Waals surface area contributed by atoms with Gasteiger partial charge in [-0.25, -0.2) is 0 Å². The van der Waals surface area contributed by atoms with Crippen LogP contribution in [0, 0.1) is 5.92 Å². The van der Waals surface area contributed by atoms with Crippen molar-refractivity contribution in [3.05, 3.63) is 0 Å². The zero-order chi connectivity index (χ0) is 11.7. The summed E-state index contributed by atoms with van der Waals surface area (Å²) >= 11 is 0. The van der Waals surface area contributed by atoms with Crippen LogP contribution in [-0.2, 0) is 0 Å². The first-order chi connectivity index (χ1) is 8.35. The lowest BCUT2D eigenvalue weighted by molar-refractivity contribution is 0.212. The molecule has 0 spiro atoms. The minimum Gasteiger partial charge on any atom is -0.311 e. The highest BCUT2D eigenvalue weighted by molar-refractivity contribution is 4.92. The first-order valence-corrected chi connectivity index (χ1v) is 7.85. The maximum Gasteiger partial charge on any atom is 0.00964 e. The topological polar surface area (TPSA) is 15.3 Å². The maximum absolute atomic E-state index is 3.75. The van der Waals surface area contributed by atoms with Crippen LogP contribution < -0.4 is 5.32 Å². The van der Waals surface area contributed by atoms with Crippen LogP contribution in [0.2, 0.25) is 0 Å². The van der Waals surface area contributed by atoms with Gasteiger partial charge in [0.15, 0.2) is 0 Å². The molecule has 0 aromatic heterocycles. The summed E-state index contributed by atoms with van der Waals surface area (Å²) in [5.41, 5.74) is 0. The van der Waals surface area contributed by atoms with E-state index >= 15 is 0 Å². The van der Waals surface area contributed by atoms with Crippen molar-refractivity contribution in [2.75, 3.05) is 13.1 Å². The first-order valence-electron chi connectivity index (χ1n) is 7.85. The van der Waals surface area contributed by atoms with Crippen molar-refractivity contribution in [2.24, 2.45) is 5.92 Å². The van der Waals surface area contributed by atoms with Crippen LogP contribution in [-0.4, -0.2) is 36.1 Å². The molecule has 1 N–H and O–H groups in total. The second-order valence-electron chi connectivity index (χ2n) is 6.53. The Morgan fingerprint density at radius 3 is 2.29 bits per heavy atom. The lowest BCUT2D eigenvalue weighted by Gasteiger charge is -2.31. The summed E-state index contributed by atoms with van der Waals surface area (Å²) in [5, 5.41) is 3.75. The van der Waals surface area contributed by atoms with Crippen LogP contribution >= 0.6 is 0 Å². The minimum absolute atomic E-state index is 0.874. The van der Waals surface area contributed by atoms with Gasteiger partial charge in [-0.15, -0.1) is 0 Å². The number of hydrogen-bond donors (Lipinski definition) is 1. The zero-order valence-corrected chi connectivity index (χ0v) is 11.3. The Hall–Kier alpha value is -0.0800. The quantitative estimate of drug-likeness (QED) is 0.763. The van der Waals surface area contributed by atoms with Crippen molar-refractivity contribution in [1.29, 1.82) is 0 Å². The maximum atomic E-state index is 3.75. The van der Waals surface area contributed by atoms with E-state index in [0.717, 1.165) is 24.0 Å². The predicted octanol–water partition coefficient (Wildman–Crippen LogP) is 2.78. The summed E-state index contributed by atoms with van der Waals surface area (Å²) in [5.74, 6) is 1.02. The van der Waals surface area contributed by atoms with E-state index in [2.05, 4.69) is 17.1 Å². The van der Waals surface area contributed by atoms with Crippen molar-refractivity contribution in [3.63, 3.8) is 0 Å². The highest BCUT2D eigenvalue weighted by Gasteiger charge is 2.34. The fraction of sp³-hybridized carbons (Fsp3) is 1.00. The molecule has 2 bridgehead atoms. The number of nitrogens with one attached hydrogen (secondary N) is 1. The van der Waals surface area contributed by atoms with E-state index in [1.54, 1.807) is 0 Å². The average Bonchev–Trinajstić information content (AvgIpc) is 3.11. The summed E-state index contributed by atoms with van der Waals surface area (Å²) in [6.07, 6.45) is 11.5. The molecule has 2 saturated heterocycles. The second-order valence-corrected chi connectivity index (χ2v) is 6.53. The fourth-order valence-electron chi connectivity index (χ4n) is 3.96. The molecule has 1 saturated carbocycles. The fourth-order valence-corrected chi connectivity index (χ4v) is 3.96. The van der Waals surface area contributed by atoms with Gasteiger partial charge in [0.25, 0.3) is 0 Å². The Morgan fingerprint density at radius 2 is 1.71 bits per heavy atom. The van der Waals surface area contributed by atoms with Gasteiger partial charge in [-0.2, -0.15) is 0 Å². The molecule has 0 aromatic rings. The number of piperidine rings is 1. The van der Waals surface area contributed by atoms with Gasteiger partial charge >= 0.3 is 0 Å². The smallest absolute Gasteiger partial charge is 0.00964 e. The van der Waals surface area contributed by atoms with Crippen LogP contribution in [0.15, 0.2) is 0 Å². The van der Waals surface area contributed by atoms with E-state index in [4.69, 9.17) is 0 Å². The van der Waals surface area contributed by atoms with Gasteiger partial charge in [0.1, 0.15) is 0 Å². The van der Waals surface area contributed by atoms with E-state index in [-0.39, 0.29) is 0 Å². The molecule has 2 nitrogen and oxygen atoms in total. The third-order valence-corrected chi connectivity index (χ3v) is 4.97. The van der Waals surface area contributed by atoms with Crippen molar-refractivity contribution in [1.82, 2.24) is 10.2 Å². The molecule has 3 rings (SSSR count). The van der Waals surface area contributed by atoms with Crippen molar-refractivity contribution in [2.45, 2.75) is 76.4 Å². The van der Waals surface area contributed by atoms with Crippen LogP contribution in [0.3, 0.4) is 0 Å². The van der Waals surface area contributed by atoms with E-state index in [1.165, 1.54) is 64.5 Å². The van der Waals surface area contributed by atoms with Crippen molar-refractivity contribution in [3.8, 4) is 0 Å². The Labute approximate surface area is 106 Å². The van der Waals surface area contributed by atoms with Crippen molar-refractivity contribution < 1.29 is 0 Å². The van der Waals surface area contributed by atoms with Gasteiger partial charge in [-0.1, -0.05) is 6.92 Å². The van der Waals surface area contributed by atoms with E-state index in [9.17, 15) is 0 Å². The summed E-state index contributed by atoms with van der Waals surface area (Å²) in [6.45, 7) is 5.03. The van der Waals surface area contributed by atoms with Crippen LogP contribution in [0.5, 0.6) is 0 Å². The zero-order valence-electron chi connectivity index (χ0n) is 11.3. The van der Waals surface area contributed by atoms with Gasteiger partial charge in [-0.05, 0) is 70.4 Å². The van der Waals surface area contributed by atoms with E-state index in [1.807, 2.05) is 0 Å². The molecule has 17 heavy (non-hydrogen) atoms. The second kappa shape index (κ2) is 5.27. The third kappa shape index (κ3) is 3.03. The summed E-state index contributed by atoms with van der Waals surface area (Å²) < 4.78 is 0. The number of fused-ring (bicyclic) bond motifs is 2. The van der Waals surface area contributed by atoms with Gasteiger partial charge in [0.05, 0.1) is 0 Å². The largest absolute Gasteiger partial charge is 0.311 e. The Balaban J connectivity index is 1.43. The van der Waals surface area contributed by atoms with Crippen LogP contribution in [0.4, 0.5) is 0 Å². The monoisotopic (exact) mass is 236 g/mol. The van der Waals surface area contributed by atoms with Crippen LogP contribution in [0.25, 0.3) is 0 Å². The molecule has 98 valence electrons. The van der Waals surface area contributed by atoms with E-state index < -0.39 is 0 Å². The average molecular weight is 236 g/mol. The van der Waals surface area contributed by atoms with E-state index in [0.29, 0.717) is 0 Å². The Morgan fingerprint density at radius 1 is 1.00 bits per heavy atom. The molecular weight excluding hydrogens is 208 g/mol.